The van der Waals surface area contributed by atoms with E-state index in [2.05, 4.69) is 4.72 Å². The second-order valence-corrected chi connectivity index (χ2v) is 6.34. The van der Waals surface area contributed by atoms with E-state index < -0.39 is 16.0 Å². The van der Waals surface area contributed by atoms with E-state index in [1.165, 1.54) is 12.1 Å². The van der Waals surface area contributed by atoms with E-state index in [0.717, 1.165) is 18.9 Å². The van der Waals surface area contributed by atoms with E-state index in [0.29, 0.717) is 6.42 Å². The first-order valence-corrected chi connectivity index (χ1v) is 7.68. The molecule has 0 spiro atoms. The van der Waals surface area contributed by atoms with Crippen molar-refractivity contribution < 1.29 is 18.3 Å². The van der Waals surface area contributed by atoms with Gasteiger partial charge in [-0.2, -0.15) is 0 Å². The molecule has 0 saturated carbocycles. The Morgan fingerprint density at radius 1 is 1.35 bits per heavy atom. The quantitative estimate of drug-likeness (QED) is 0.574. The van der Waals surface area contributed by atoms with Gasteiger partial charge in [0.1, 0.15) is 4.90 Å². The molecule has 4 N–H and O–H groups in total. The fourth-order valence-corrected chi connectivity index (χ4v) is 3.51. The second-order valence-electron chi connectivity index (χ2n) is 4.66. The van der Waals surface area contributed by atoms with Gasteiger partial charge in [-0.05, 0) is 37.5 Å². The van der Waals surface area contributed by atoms with Crippen molar-refractivity contribution in [2.75, 3.05) is 5.73 Å². The Morgan fingerprint density at radius 2 is 2.10 bits per heavy atom. The Balaban J connectivity index is 2.25. The molecule has 1 aliphatic carbocycles. The molecule has 0 amide bonds. The molecule has 7 heteroatoms. The van der Waals surface area contributed by atoms with Crippen LogP contribution in [0, 0.1) is 0 Å². The van der Waals surface area contributed by atoms with Crippen molar-refractivity contribution in [2.24, 2.45) is 0 Å². The zero-order valence-electron chi connectivity index (χ0n) is 10.7. The first-order valence-electron chi connectivity index (χ1n) is 6.20. The smallest absolute Gasteiger partial charge is 0.335 e. The molecule has 1 unspecified atom stereocenters. The van der Waals surface area contributed by atoms with Crippen molar-refractivity contribution in [1.82, 2.24) is 4.72 Å². The summed E-state index contributed by atoms with van der Waals surface area (Å²) < 4.78 is 27.1. The number of nitrogen functional groups attached to an aromatic ring is 1. The summed E-state index contributed by atoms with van der Waals surface area (Å²) in [6.07, 6.45) is 6.17. The summed E-state index contributed by atoms with van der Waals surface area (Å²) in [5.74, 6) is -1.15. The molecule has 0 heterocycles. The average Bonchev–Trinajstić information content (AvgIpc) is 2.38. The maximum atomic E-state index is 12.2. The molecule has 0 fully saturated rings. The highest BCUT2D eigenvalue weighted by Gasteiger charge is 2.23. The number of sulfonamides is 1. The number of aromatic carboxylic acids is 1. The van der Waals surface area contributed by atoms with E-state index in [4.69, 9.17) is 10.8 Å². The number of nitrogens with two attached hydrogens (primary N) is 1. The van der Waals surface area contributed by atoms with Crippen molar-refractivity contribution in [3.8, 4) is 0 Å². The lowest BCUT2D eigenvalue weighted by atomic mass is 10.0. The second kappa shape index (κ2) is 5.64. The summed E-state index contributed by atoms with van der Waals surface area (Å²) in [6.45, 7) is 0. The van der Waals surface area contributed by atoms with Gasteiger partial charge in [-0.3, -0.25) is 0 Å². The molecule has 1 aromatic rings. The highest BCUT2D eigenvalue weighted by atomic mass is 32.2. The van der Waals surface area contributed by atoms with E-state index in [1.54, 1.807) is 0 Å². The molecule has 0 saturated heterocycles. The van der Waals surface area contributed by atoms with Gasteiger partial charge in [0.2, 0.25) is 10.0 Å². The van der Waals surface area contributed by atoms with E-state index >= 15 is 0 Å². The van der Waals surface area contributed by atoms with Crippen LogP contribution in [0.15, 0.2) is 35.2 Å². The molecule has 2 rings (SSSR count). The average molecular weight is 296 g/mol. The molecule has 1 aliphatic rings. The Kier molecular flexibility index (Phi) is 4.10. The summed E-state index contributed by atoms with van der Waals surface area (Å²) in [5, 5.41) is 8.84. The SMILES string of the molecule is Nc1cc(C(=O)O)ccc1S(=O)(=O)NC1CC=CCC1. The third-order valence-corrected chi connectivity index (χ3v) is 4.73. The van der Waals surface area contributed by atoms with Gasteiger partial charge in [0, 0.05) is 6.04 Å². The molecule has 0 aliphatic heterocycles. The minimum absolute atomic E-state index is 0.0398. The summed E-state index contributed by atoms with van der Waals surface area (Å²) in [6, 6.07) is 3.45. The van der Waals surface area contributed by atoms with Gasteiger partial charge in [-0.25, -0.2) is 17.9 Å². The van der Waals surface area contributed by atoms with Gasteiger partial charge in [0.05, 0.1) is 11.3 Å². The fraction of sp³-hybridized carbons (Fsp3) is 0.308. The van der Waals surface area contributed by atoms with Gasteiger partial charge in [-0.1, -0.05) is 12.2 Å². The number of hydrogen-bond acceptors (Lipinski definition) is 4. The minimum Gasteiger partial charge on any atom is -0.478 e. The Hall–Kier alpha value is -1.86. The maximum absolute atomic E-state index is 12.2. The molecular weight excluding hydrogens is 280 g/mol. The standard InChI is InChI=1S/C13H16N2O4S/c14-11-8-9(13(16)17)6-7-12(11)20(18,19)15-10-4-2-1-3-5-10/h1-2,6-8,10,15H,3-5,14H2,(H,16,17). The highest BCUT2D eigenvalue weighted by molar-refractivity contribution is 7.89. The number of rotatable bonds is 4. The summed E-state index contributed by atoms with van der Waals surface area (Å²) in [5.41, 5.74) is 5.55. The minimum atomic E-state index is -3.73. The fourth-order valence-electron chi connectivity index (χ4n) is 2.11. The number of carbonyl (C=O) groups is 1. The lowest BCUT2D eigenvalue weighted by Crippen LogP contribution is -2.35. The third kappa shape index (κ3) is 3.17. The molecule has 0 radical (unpaired) electrons. The van der Waals surface area contributed by atoms with Crippen LogP contribution in [0.25, 0.3) is 0 Å². The first-order chi connectivity index (χ1) is 9.40. The molecule has 6 nitrogen and oxygen atoms in total. The largest absolute Gasteiger partial charge is 0.478 e. The van der Waals surface area contributed by atoms with Crippen LogP contribution in [-0.4, -0.2) is 25.5 Å². The van der Waals surface area contributed by atoms with Gasteiger partial charge in [0.15, 0.2) is 0 Å². The van der Waals surface area contributed by atoms with E-state index in [1.807, 2.05) is 12.2 Å². The van der Waals surface area contributed by atoms with Crippen molar-refractivity contribution in [2.45, 2.75) is 30.2 Å². The number of allylic oxidation sites excluding steroid dienone is 1. The van der Waals surface area contributed by atoms with Crippen molar-refractivity contribution >= 4 is 21.7 Å². The Labute approximate surface area is 117 Å². The zero-order valence-corrected chi connectivity index (χ0v) is 11.6. The first kappa shape index (κ1) is 14.5. The van der Waals surface area contributed by atoms with Crippen LogP contribution in [0.1, 0.15) is 29.6 Å². The van der Waals surface area contributed by atoms with Crippen LogP contribution in [0.3, 0.4) is 0 Å². The van der Waals surface area contributed by atoms with Crippen LogP contribution in [-0.2, 0) is 10.0 Å². The zero-order chi connectivity index (χ0) is 14.8. The number of benzene rings is 1. The molecule has 0 bridgehead atoms. The summed E-state index contributed by atoms with van der Waals surface area (Å²) in [4.78, 5) is 10.7. The van der Waals surface area contributed by atoms with Gasteiger partial charge >= 0.3 is 5.97 Å². The van der Waals surface area contributed by atoms with Gasteiger partial charge < -0.3 is 10.8 Å². The van der Waals surface area contributed by atoms with Crippen LogP contribution < -0.4 is 10.5 Å². The normalized spacial score (nSPS) is 18.9. The van der Waals surface area contributed by atoms with E-state index in [-0.39, 0.29) is 22.2 Å². The number of nitrogens with one attached hydrogen (secondary N) is 1. The molecule has 108 valence electrons. The maximum Gasteiger partial charge on any atom is 0.335 e. The van der Waals surface area contributed by atoms with Crippen LogP contribution in [0.2, 0.25) is 0 Å². The predicted molar refractivity (Wildman–Crippen MR) is 74.9 cm³/mol. The number of hydrogen-bond donors (Lipinski definition) is 3. The molecule has 1 aromatic carbocycles. The van der Waals surface area contributed by atoms with Crippen LogP contribution >= 0.6 is 0 Å². The molecule has 20 heavy (non-hydrogen) atoms. The van der Waals surface area contributed by atoms with Crippen LogP contribution in [0.5, 0.6) is 0 Å². The van der Waals surface area contributed by atoms with Crippen molar-refractivity contribution in [3.63, 3.8) is 0 Å². The molecule has 1 atom stereocenters. The highest BCUT2D eigenvalue weighted by Crippen LogP contribution is 2.21. The van der Waals surface area contributed by atoms with Crippen molar-refractivity contribution in [1.29, 1.82) is 0 Å². The lowest BCUT2D eigenvalue weighted by molar-refractivity contribution is 0.0697. The third-order valence-electron chi connectivity index (χ3n) is 3.14. The predicted octanol–water partition coefficient (Wildman–Crippen LogP) is 1.35. The number of anilines is 1. The van der Waals surface area contributed by atoms with Crippen LogP contribution in [0.4, 0.5) is 5.69 Å². The topological polar surface area (TPSA) is 109 Å². The molecule has 0 aromatic heterocycles. The monoisotopic (exact) mass is 296 g/mol. The number of carboxylic acid groups (broad SMARTS) is 1. The molecular formula is C13H16N2O4S. The van der Waals surface area contributed by atoms with Gasteiger partial charge in [-0.15, -0.1) is 0 Å². The Bertz CT molecular complexity index is 652. The number of carboxylic acids is 1. The summed E-state index contributed by atoms with van der Waals surface area (Å²) >= 11 is 0. The van der Waals surface area contributed by atoms with Gasteiger partial charge in [0.25, 0.3) is 0 Å². The Morgan fingerprint density at radius 3 is 2.65 bits per heavy atom. The van der Waals surface area contributed by atoms with Crippen molar-refractivity contribution in [3.05, 3.63) is 35.9 Å². The summed E-state index contributed by atoms with van der Waals surface area (Å²) in [7, 11) is -3.73. The lowest BCUT2D eigenvalue weighted by Gasteiger charge is -2.20. The van der Waals surface area contributed by atoms with E-state index in [9.17, 15) is 13.2 Å².